The molecule has 98 valence electrons. The van der Waals surface area contributed by atoms with Crippen molar-refractivity contribution >= 4 is 32.4 Å². The first-order chi connectivity index (χ1) is 10.2. The summed E-state index contributed by atoms with van der Waals surface area (Å²) in [7, 11) is 0. The molecule has 0 aliphatic carbocycles. The third-order valence-corrected chi connectivity index (χ3v) is 3.80. The summed E-state index contributed by atoms with van der Waals surface area (Å²) in [6.07, 6.45) is 0. The monoisotopic (exact) mass is 332 g/mol. The SMILES string of the molecule is [C-]#[N+]c1cc(C#N)cc(-c2ccc3cc(Br)ccc3c2)c1. The molecule has 0 saturated heterocycles. The van der Waals surface area contributed by atoms with Gasteiger partial charge < -0.3 is 0 Å². The topological polar surface area (TPSA) is 28.1 Å². The van der Waals surface area contributed by atoms with Gasteiger partial charge in [-0.25, -0.2) is 4.85 Å². The third kappa shape index (κ3) is 2.65. The van der Waals surface area contributed by atoms with Crippen LogP contribution in [0.1, 0.15) is 5.56 Å². The van der Waals surface area contributed by atoms with Gasteiger partial charge in [-0.2, -0.15) is 5.26 Å². The number of benzene rings is 3. The molecule has 21 heavy (non-hydrogen) atoms. The molecule has 0 amide bonds. The van der Waals surface area contributed by atoms with Crippen molar-refractivity contribution in [1.29, 1.82) is 5.26 Å². The van der Waals surface area contributed by atoms with Crippen molar-refractivity contribution in [2.75, 3.05) is 0 Å². The van der Waals surface area contributed by atoms with Crippen LogP contribution in [0, 0.1) is 17.9 Å². The van der Waals surface area contributed by atoms with Gasteiger partial charge in [0.2, 0.25) is 0 Å². The third-order valence-electron chi connectivity index (χ3n) is 3.31. The Morgan fingerprint density at radius 2 is 1.67 bits per heavy atom. The standard InChI is InChI=1S/C18H9BrN2/c1-21-18-7-12(11-20)6-16(10-18)14-2-3-15-9-17(19)5-4-13(15)8-14/h2-10H. The van der Waals surface area contributed by atoms with E-state index in [0.717, 1.165) is 26.4 Å². The molecule has 0 aliphatic heterocycles. The molecule has 0 unspecified atom stereocenters. The minimum Gasteiger partial charge on any atom is -0.238 e. The Balaban J connectivity index is 2.19. The lowest BCUT2D eigenvalue weighted by Gasteiger charge is -2.06. The van der Waals surface area contributed by atoms with E-state index in [4.69, 9.17) is 11.8 Å². The molecular formula is C18H9BrN2. The molecule has 3 aromatic rings. The van der Waals surface area contributed by atoms with Crippen molar-refractivity contribution in [3.8, 4) is 17.2 Å². The van der Waals surface area contributed by atoms with E-state index in [0.29, 0.717) is 11.3 Å². The van der Waals surface area contributed by atoms with Crippen molar-refractivity contribution in [3.63, 3.8) is 0 Å². The second-order valence-corrected chi connectivity index (χ2v) is 5.61. The van der Waals surface area contributed by atoms with Crippen LogP contribution in [0.3, 0.4) is 0 Å². The van der Waals surface area contributed by atoms with Gasteiger partial charge in [0.05, 0.1) is 12.6 Å². The van der Waals surface area contributed by atoms with Crippen LogP contribution < -0.4 is 0 Å². The Morgan fingerprint density at radius 3 is 2.43 bits per heavy atom. The zero-order chi connectivity index (χ0) is 14.8. The normalized spacial score (nSPS) is 10.0. The van der Waals surface area contributed by atoms with Gasteiger partial charge in [-0.05, 0) is 58.3 Å². The maximum Gasteiger partial charge on any atom is 0.189 e. The molecule has 0 N–H and O–H groups in total. The van der Waals surface area contributed by atoms with Gasteiger partial charge in [0.1, 0.15) is 0 Å². The van der Waals surface area contributed by atoms with Crippen LogP contribution in [0.4, 0.5) is 5.69 Å². The molecule has 2 nitrogen and oxygen atoms in total. The molecule has 0 saturated carbocycles. The van der Waals surface area contributed by atoms with Crippen molar-refractivity contribution in [2.24, 2.45) is 0 Å². The van der Waals surface area contributed by atoms with Crippen LogP contribution in [0.2, 0.25) is 0 Å². The average Bonchev–Trinajstić information content (AvgIpc) is 2.53. The van der Waals surface area contributed by atoms with E-state index in [1.54, 1.807) is 6.07 Å². The largest absolute Gasteiger partial charge is 0.238 e. The maximum absolute atomic E-state index is 9.07. The highest BCUT2D eigenvalue weighted by atomic mass is 79.9. The van der Waals surface area contributed by atoms with Gasteiger partial charge in [0.15, 0.2) is 5.69 Å². The smallest absolute Gasteiger partial charge is 0.189 e. The highest BCUT2D eigenvalue weighted by Crippen LogP contribution is 2.29. The van der Waals surface area contributed by atoms with Crippen LogP contribution in [-0.2, 0) is 0 Å². The van der Waals surface area contributed by atoms with E-state index in [1.165, 1.54) is 0 Å². The predicted molar refractivity (Wildman–Crippen MR) is 88.1 cm³/mol. The Bertz CT molecular complexity index is 898. The molecule has 0 radical (unpaired) electrons. The highest BCUT2D eigenvalue weighted by Gasteiger charge is 2.04. The van der Waals surface area contributed by atoms with Crippen molar-refractivity contribution in [3.05, 3.63) is 76.1 Å². The average molecular weight is 333 g/mol. The van der Waals surface area contributed by atoms with E-state index in [9.17, 15) is 0 Å². The van der Waals surface area contributed by atoms with Crippen LogP contribution >= 0.6 is 15.9 Å². The van der Waals surface area contributed by atoms with Gasteiger partial charge in [-0.15, -0.1) is 0 Å². The summed E-state index contributed by atoms with van der Waals surface area (Å²) < 4.78 is 1.05. The number of nitrogens with zero attached hydrogens (tertiary/aromatic N) is 2. The van der Waals surface area contributed by atoms with E-state index < -0.39 is 0 Å². The molecule has 0 aromatic heterocycles. The Hall–Kier alpha value is -2.62. The minimum atomic E-state index is 0.486. The van der Waals surface area contributed by atoms with Crippen LogP contribution in [0.25, 0.3) is 26.7 Å². The minimum absolute atomic E-state index is 0.486. The summed E-state index contributed by atoms with van der Waals surface area (Å²) in [6, 6.07) is 19.6. The first-order valence-corrected chi connectivity index (χ1v) is 7.11. The second-order valence-electron chi connectivity index (χ2n) is 4.70. The number of hydrogen-bond donors (Lipinski definition) is 0. The Kier molecular flexibility index (Phi) is 3.44. The molecule has 3 heteroatoms. The summed E-state index contributed by atoms with van der Waals surface area (Å²) >= 11 is 3.46. The molecule has 0 bridgehead atoms. The zero-order valence-corrected chi connectivity index (χ0v) is 12.6. The first-order valence-electron chi connectivity index (χ1n) is 6.32. The van der Waals surface area contributed by atoms with E-state index in [-0.39, 0.29) is 0 Å². The number of halogens is 1. The Labute approximate surface area is 131 Å². The fourth-order valence-electron chi connectivity index (χ4n) is 2.30. The number of fused-ring (bicyclic) bond motifs is 1. The molecular weight excluding hydrogens is 324 g/mol. The summed E-state index contributed by atoms with van der Waals surface area (Å²) in [6.45, 7) is 7.14. The summed E-state index contributed by atoms with van der Waals surface area (Å²) in [5.74, 6) is 0. The predicted octanol–water partition coefficient (Wildman–Crippen LogP) is 5.69. The number of rotatable bonds is 1. The van der Waals surface area contributed by atoms with E-state index in [2.05, 4.69) is 39.0 Å². The second kappa shape index (κ2) is 5.40. The van der Waals surface area contributed by atoms with Crippen LogP contribution in [0.5, 0.6) is 0 Å². The molecule has 0 spiro atoms. The molecule has 3 aromatic carbocycles. The molecule has 0 heterocycles. The lowest BCUT2D eigenvalue weighted by atomic mass is 9.99. The summed E-state index contributed by atoms with van der Waals surface area (Å²) in [5, 5.41) is 11.3. The summed E-state index contributed by atoms with van der Waals surface area (Å²) in [4.78, 5) is 3.43. The van der Waals surface area contributed by atoms with E-state index in [1.807, 2.05) is 36.4 Å². The van der Waals surface area contributed by atoms with Crippen molar-refractivity contribution < 1.29 is 0 Å². The molecule has 0 atom stereocenters. The molecule has 0 fully saturated rings. The van der Waals surface area contributed by atoms with Crippen LogP contribution in [-0.4, -0.2) is 0 Å². The lowest BCUT2D eigenvalue weighted by Crippen LogP contribution is -1.82. The molecule has 3 rings (SSSR count). The lowest BCUT2D eigenvalue weighted by molar-refractivity contribution is 1.49. The quantitative estimate of drug-likeness (QED) is 0.526. The van der Waals surface area contributed by atoms with Gasteiger partial charge in [0.25, 0.3) is 0 Å². The fraction of sp³-hybridized carbons (Fsp3) is 0. The van der Waals surface area contributed by atoms with Gasteiger partial charge >= 0.3 is 0 Å². The van der Waals surface area contributed by atoms with Crippen molar-refractivity contribution in [1.82, 2.24) is 0 Å². The van der Waals surface area contributed by atoms with E-state index >= 15 is 0 Å². The van der Waals surface area contributed by atoms with Crippen LogP contribution in [0.15, 0.2) is 59.1 Å². The number of nitriles is 1. The Morgan fingerprint density at radius 1 is 0.905 bits per heavy atom. The first kappa shape index (κ1) is 13.4. The maximum atomic E-state index is 9.07. The van der Waals surface area contributed by atoms with Gasteiger partial charge in [-0.3, -0.25) is 0 Å². The zero-order valence-electron chi connectivity index (χ0n) is 11.0. The van der Waals surface area contributed by atoms with Gasteiger partial charge in [-0.1, -0.05) is 34.1 Å². The fourth-order valence-corrected chi connectivity index (χ4v) is 2.68. The number of hydrogen-bond acceptors (Lipinski definition) is 1. The highest BCUT2D eigenvalue weighted by molar-refractivity contribution is 9.10. The summed E-state index contributed by atoms with van der Waals surface area (Å²) in [5.41, 5.74) is 2.89. The molecule has 0 aliphatic rings. The van der Waals surface area contributed by atoms with Crippen molar-refractivity contribution in [2.45, 2.75) is 0 Å². The van der Waals surface area contributed by atoms with Gasteiger partial charge in [0, 0.05) is 10.0 Å².